The SMILES string of the molecule is COC(=O)c1c(Nc2ccccc2)sc(C(=O)c2ccc(S(C)(=O)=O)cc2)c1C. The molecule has 0 aliphatic rings. The van der Waals surface area contributed by atoms with Crippen molar-refractivity contribution in [2.75, 3.05) is 18.7 Å². The third kappa shape index (κ3) is 4.38. The zero-order valence-electron chi connectivity index (χ0n) is 16.1. The highest BCUT2D eigenvalue weighted by Crippen LogP contribution is 2.37. The summed E-state index contributed by atoms with van der Waals surface area (Å²) in [6.07, 6.45) is 1.11. The van der Waals surface area contributed by atoms with E-state index < -0.39 is 15.8 Å². The molecular weight excluding hydrogens is 410 g/mol. The molecule has 150 valence electrons. The fourth-order valence-electron chi connectivity index (χ4n) is 2.80. The van der Waals surface area contributed by atoms with E-state index in [1.165, 1.54) is 31.4 Å². The average Bonchev–Trinajstić information content (AvgIpc) is 3.03. The number of carbonyl (C=O) groups is 2. The van der Waals surface area contributed by atoms with Crippen molar-refractivity contribution in [2.24, 2.45) is 0 Å². The topological polar surface area (TPSA) is 89.5 Å². The molecule has 3 rings (SSSR count). The number of hydrogen-bond acceptors (Lipinski definition) is 7. The zero-order chi connectivity index (χ0) is 21.2. The largest absolute Gasteiger partial charge is 0.465 e. The van der Waals surface area contributed by atoms with Crippen LogP contribution in [0.5, 0.6) is 0 Å². The van der Waals surface area contributed by atoms with Crippen LogP contribution in [0.25, 0.3) is 0 Å². The number of para-hydroxylation sites is 1. The van der Waals surface area contributed by atoms with E-state index in [-0.39, 0.29) is 10.7 Å². The van der Waals surface area contributed by atoms with Gasteiger partial charge in [0, 0.05) is 17.5 Å². The second kappa shape index (κ2) is 8.18. The first-order chi connectivity index (χ1) is 13.7. The van der Waals surface area contributed by atoms with Crippen molar-refractivity contribution in [3.63, 3.8) is 0 Å². The highest BCUT2D eigenvalue weighted by molar-refractivity contribution is 7.90. The maximum Gasteiger partial charge on any atom is 0.341 e. The van der Waals surface area contributed by atoms with Crippen molar-refractivity contribution in [3.05, 3.63) is 76.2 Å². The summed E-state index contributed by atoms with van der Waals surface area (Å²) < 4.78 is 28.1. The van der Waals surface area contributed by atoms with Gasteiger partial charge in [-0.1, -0.05) is 18.2 Å². The van der Waals surface area contributed by atoms with Gasteiger partial charge in [-0.3, -0.25) is 4.79 Å². The molecule has 0 unspecified atom stereocenters. The summed E-state index contributed by atoms with van der Waals surface area (Å²) in [6, 6.07) is 15.0. The van der Waals surface area contributed by atoms with E-state index in [9.17, 15) is 18.0 Å². The van der Waals surface area contributed by atoms with E-state index in [1.807, 2.05) is 30.3 Å². The molecule has 0 spiro atoms. The number of benzene rings is 2. The van der Waals surface area contributed by atoms with E-state index >= 15 is 0 Å². The summed E-state index contributed by atoms with van der Waals surface area (Å²) in [7, 11) is -2.06. The molecule has 0 atom stereocenters. The van der Waals surface area contributed by atoms with Crippen LogP contribution in [0.1, 0.15) is 31.2 Å². The predicted octanol–water partition coefficient (Wildman–Crippen LogP) is 4.22. The predicted molar refractivity (Wildman–Crippen MR) is 113 cm³/mol. The molecule has 0 saturated carbocycles. The number of ketones is 1. The van der Waals surface area contributed by atoms with Gasteiger partial charge in [-0.05, 0) is 48.9 Å². The van der Waals surface area contributed by atoms with E-state index in [1.54, 1.807) is 6.92 Å². The van der Waals surface area contributed by atoms with Crippen molar-refractivity contribution < 1.29 is 22.7 Å². The van der Waals surface area contributed by atoms with Gasteiger partial charge < -0.3 is 10.1 Å². The lowest BCUT2D eigenvalue weighted by Crippen LogP contribution is -2.07. The van der Waals surface area contributed by atoms with Gasteiger partial charge >= 0.3 is 5.97 Å². The molecule has 0 aliphatic carbocycles. The number of methoxy groups -OCH3 is 1. The fraction of sp³-hybridized carbons (Fsp3) is 0.143. The molecule has 0 saturated heterocycles. The lowest BCUT2D eigenvalue weighted by atomic mass is 10.0. The Balaban J connectivity index is 2.02. The van der Waals surface area contributed by atoms with Crippen LogP contribution in [-0.2, 0) is 14.6 Å². The monoisotopic (exact) mass is 429 g/mol. The van der Waals surface area contributed by atoms with Crippen LogP contribution in [0.3, 0.4) is 0 Å². The summed E-state index contributed by atoms with van der Waals surface area (Å²) in [5, 5.41) is 3.68. The Kier molecular flexibility index (Phi) is 5.86. The Morgan fingerprint density at radius 3 is 2.17 bits per heavy atom. The van der Waals surface area contributed by atoms with Crippen LogP contribution in [0.15, 0.2) is 59.5 Å². The van der Waals surface area contributed by atoms with Crippen molar-refractivity contribution in [1.29, 1.82) is 0 Å². The number of carbonyl (C=O) groups excluding carboxylic acids is 2. The maximum absolute atomic E-state index is 13.0. The average molecular weight is 430 g/mol. The van der Waals surface area contributed by atoms with Crippen LogP contribution >= 0.6 is 11.3 Å². The molecule has 6 nitrogen and oxygen atoms in total. The number of esters is 1. The zero-order valence-corrected chi connectivity index (χ0v) is 17.7. The van der Waals surface area contributed by atoms with Crippen molar-refractivity contribution in [2.45, 2.75) is 11.8 Å². The van der Waals surface area contributed by atoms with Gasteiger partial charge in [0.05, 0.1) is 22.4 Å². The minimum Gasteiger partial charge on any atom is -0.465 e. The Morgan fingerprint density at radius 1 is 1.00 bits per heavy atom. The number of sulfone groups is 1. The van der Waals surface area contributed by atoms with Gasteiger partial charge in [0.15, 0.2) is 9.84 Å². The highest BCUT2D eigenvalue weighted by Gasteiger charge is 2.26. The summed E-state index contributed by atoms with van der Waals surface area (Å²) in [5.41, 5.74) is 1.93. The molecule has 1 aromatic heterocycles. The second-order valence-corrected chi connectivity index (χ2v) is 9.40. The van der Waals surface area contributed by atoms with Gasteiger partial charge in [-0.2, -0.15) is 0 Å². The Hall–Kier alpha value is -2.97. The normalized spacial score (nSPS) is 11.1. The van der Waals surface area contributed by atoms with Crippen LogP contribution < -0.4 is 5.32 Å². The molecule has 0 radical (unpaired) electrons. The second-order valence-electron chi connectivity index (χ2n) is 6.37. The number of rotatable bonds is 6. The molecule has 3 aromatic rings. The standard InChI is InChI=1S/C21H19NO5S2/c1-13-17(21(24)27-2)20(22-15-7-5-4-6-8-15)28-19(13)18(23)14-9-11-16(12-10-14)29(3,25)26/h4-12,22H,1-3H3. The van der Waals surface area contributed by atoms with Crippen molar-refractivity contribution >= 4 is 43.6 Å². The number of anilines is 2. The lowest BCUT2D eigenvalue weighted by molar-refractivity contribution is 0.0601. The summed E-state index contributed by atoms with van der Waals surface area (Å²) in [5.74, 6) is -0.831. The molecule has 0 amide bonds. The molecule has 0 fully saturated rings. The summed E-state index contributed by atoms with van der Waals surface area (Å²) >= 11 is 1.16. The molecule has 1 N–H and O–H groups in total. The third-order valence-electron chi connectivity index (χ3n) is 4.32. The van der Waals surface area contributed by atoms with Crippen LogP contribution in [0, 0.1) is 6.92 Å². The number of hydrogen-bond donors (Lipinski definition) is 1. The molecule has 8 heteroatoms. The van der Waals surface area contributed by atoms with E-state index in [2.05, 4.69) is 5.32 Å². The number of ether oxygens (including phenoxy) is 1. The Bertz CT molecular complexity index is 1160. The van der Waals surface area contributed by atoms with E-state index in [0.717, 1.165) is 23.3 Å². The van der Waals surface area contributed by atoms with Crippen LogP contribution in [-0.4, -0.2) is 33.5 Å². The Labute approximate surface area is 173 Å². The van der Waals surface area contributed by atoms with Gasteiger partial charge in [-0.15, -0.1) is 11.3 Å². The van der Waals surface area contributed by atoms with Crippen LogP contribution in [0.4, 0.5) is 10.7 Å². The minimum atomic E-state index is -3.35. The molecule has 0 aliphatic heterocycles. The van der Waals surface area contributed by atoms with Gasteiger partial charge in [0.2, 0.25) is 5.78 Å². The highest BCUT2D eigenvalue weighted by atomic mass is 32.2. The van der Waals surface area contributed by atoms with Gasteiger partial charge in [0.1, 0.15) is 5.00 Å². The fourth-order valence-corrected chi connectivity index (χ4v) is 4.61. The quantitative estimate of drug-likeness (QED) is 0.466. The van der Waals surface area contributed by atoms with E-state index in [0.29, 0.717) is 26.6 Å². The molecule has 2 aromatic carbocycles. The minimum absolute atomic E-state index is 0.138. The first-order valence-electron chi connectivity index (χ1n) is 8.61. The molecular formula is C21H19NO5S2. The first-order valence-corrected chi connectivity index (χ1v) is 11.3. The molecule has 0 bridgehead atoms. The third-order valence-corrected chi connectivity index (χ3v) is 6.65. The van der Waals surface area contributed by atoms with Crippen molar-refractivity contribution in [3.8, 4) is 0 Å². The first kappa shape index (κ1) is 20.8. The van der Waals surface area contributed by atoms with Gasteiger partial charge in [0.25, 0.3) is 0 Å². The smallest absolute Gasteiger partial charge is 0.341 e. The summed E-state index contributed by atoms with van der Waals surface area (Å²) in [4.78, 5) is 25.9. The number of thiophene rings is 1. The molecule has 29 heavy (non-hydrogen) atoms. The Morgan fingerprint density at radius 2 is 1.62 bits per heavy atom. The number of nitrogens with one attached hydrogen (secondary N) is 1. The molecule has 1 heterocycles. The van der Waals surface area contributed by atoms with Crippen LogP contribution in [0.2, 0.25) is 0 Å². The maximum atomic E-state index is 13.0. The summed E-state index contributed by atoms with van der Waals surface area (Å²) in [6.45, 7) is 1.69. The van der Waals surface area contributed by atoms with Gasteiger partial charge in [-0.25, -0.2) is 13.2 Å². The van der Waals surface area contributed by atoms with E-state index in [4.69, 9.17) is 4.74 Å². The van der Waals surface area contributed by atoms with Crippen molar-refractivity contribution in [1.82, 2.24) is 0 Å². The lowest BCUT2D eigenvalue weighted by Gasteiger charge is -2.06.